The molecular formula is C17H20BrNO3. The van der Waals surface area contributed by atoms with Gasteiger partial charge in [0.15, 0.2) is 0 Å². The van der Waals surface area contributed by atoms with E-state index in [0.29, 0.717) is 25.7 Å². The summed E-state index contributed by atoms with van der Waals surface area (Å²) in [5, 5.41) is 12.2. The van der Waals surface area contributed by atoms with E-state index < -0.39 is 5.97 Å². The minimum absolute atomic E-state index is 0.0323. The lowest BCUT2D eigenvalue weighted by Gasteiger charge is -2.26. The molecule has 0 aliphatic heterocycles. The molecule has 5 heteroatoms. The van der Waals surface area contributed by atoms with Gasteiger partial charge in [0.05, 0.1) is 12.0 Å². The lowest BCUT2D eigenvalue weighted by atomic mass is 9.81. The SMILES string of the molecule is O=C(O)C1CCC(C(=O)NC2CCc3cc(Br)ccc32)CC1. The molecule has 1 amide bonds. The van der Waals surface area contributed by atoms with E-state index in [4.69, 9.17) is 5.11 Å². The Balaban J connectivity index is 1.59. The third-order valence-electron chi connectivity index (χ3n) is 4.95. The molecule has 2 aliphatic rings. The van der Waals surface area contributed by atoms with Gasteiger partial charge >= 0.3 is 5.97 Å². The van der Waals surface area contributed by atoms with Gasteiger partial charge in [-0.2, -0.15) is 0 Å². The summed E-state index contributed by atoms with van der Waals surface area (Å²) in [6, 6.07) is 6.33. The molecule has 0 bridgehead atoms. The monoisotopic (exact) mass is 365 g/mol. The number of fused-ring (bicyclic) bond motifs is 1. The molecule has 0 spiro atoms. The van der Waals surface area contributed by atoms with Gasteiger partial charge in [0.25, 0.3) is 0 Å². The van der Waals surface area contributed by atoms with E-state index in [1.54, 1.807) is 0 Å². The number of amides is 1. The maximum Gasteiger partial charge on any atom is 0.306 e. The molecule has 4 nitrogen and oxygen atoms in total. The van der Waals surface area contributed by atoms with Crippen LogP contribution in [0.3, 0.4) is 0 Å². The minimum atomic E-state index is -0.728. The van der Waals surface area contributed by atoms with Gasteiger partial charge in [-0.25, -0.2) is 0 Å². The van der Waals surface area contributed by atoms with Crippen LogP contribution in [-0.2, 0) is 16.0 Å². The topological polar surface area (TPSA) is 66.4 Å². The molecule has 3 rings (SSSR count). The van der Waals surface area contributed by atoms with E-state index in [1.807, 2.05) is 6.07 Å². The van der Waals surface area contributed by atoms with Crippen LogP contribution in [-0.4, -0.2) is 17.0 Å². The van der Waals surface area contributed by atoms with Crippen LogP contribution < -0.4 is 5.32 Å². The van der Waals surface area contributed by atoms with Crippen LogP contribution in [0.1, 0.15) is 49.3 Å². The molecule has 1 saturated carbocycles. The van der Waals surface area contributed by atoms with Gasteiger partial charge in [-0.1, -0.05) is 22.0 Å². The van der Waals surface area contributed by atoms with Gasteiger partial charge in [-0.15, -0.1) is 0 Å². The number of halogens is 1. The summed E-state index contributed by atoms with van der Waals surface area (Å²) in [6.45, 7) is 0. The Labute approximate surface area is 138 Å². The number of hydrogen-bond donors (Lipinski definition) is 2. The highest BCUT2D eigenvalue weighted by Gasteiger charge is 2.32. The van der Waals surface area contributed by atoms with Crippen molar-refractivity contribution in [2.45, 2.75) is 44.6 Å². The van der Waals surface area contributed by atoms with Crippen molar-refractivity contribution in [3.8, 4) is 0 Å². The second-order valence-electron chi connectivity index (χ2n) is 6.33. The first kappa shape index (κ1) is 15.5. The number of nitrogens with one attached hydrogen (secondary N) is 1. The third kappa shape index (κ3) is 3.19. The smallest absolute Gasteiger partial charge is 0.306 e. The van der Waals surface area contributed by atoms with Gasteiger partial charge in [-0.05, 0) is 61.8 Å². The predicted octanol–water partition coefficient (Wildman–Crippen LogP) is 3.44. The van der Waals surface area contributed by atoms with Gasteiger partial charge in [0.2, 0.25) is 5.91 Å². The minimum Gasteiger partial charge on any atom is -0.481 e. The number of carboxylic acid groups (broad SMARTS) is 1. The van der Waals surface area contributed by atoms with Crippen molar-refractivity contribution in [3.05, 3.63) is 33.8 Å². The molecule has 1 atom stereocenters. The Morgan fingerprint density at radius 3 is 2.45 bits per heavy atom. The summed E-state index contributed by atoms with van der Waals surface area (Å²) in [4.78, 5) is 23.4. The first-order valence-electron chi connectivity index (χ1n) is 7.86. The zero-order valence-electron chi connectivity index (χ0n) is 12.3. The Morgan fingerprint density at radius 2 is 1.77 bits per heavy atom. The van der Waals surface area contributed by atoms with Crippen molar-refractivity contribution in [1.29, 1.82) is 0 Å². The summed E-state index contributed by atoms with van der Waals surface area (Å²) >= 11 is 3.48. The molecule has 1 fully saturated rings. The summed E-state index contributed by atoms with van der Waals surface area (Å²) in [7, 11) is 0. The first-order valence-corrected chi connectivity index (χ1v) is 8.65. The fraction of sp³-hybridized carbons (Fsp3) is 0.529. The van der Waals surface area contributed by atoms with Crippen molar-refractivity contribution in [3.63, 3.8) is 0 Å². The normalized spacial score (nSPS) is 27.2. The second kappa shape index (κ2) is 6.41. The molecule has 2 aliphatic carbocycles. The van der Waals surface area contributed by atoms with E-state index in [-0.39, 0.29) is 23.8 Å². The van der Waals surface area contributed by atoms with Crippen molar-refractivity contribution < 1.29 is 14.7 Å². The molecule has 2 N–H and O–H groups in total. The Morgan fingerprint density at radius 1 is 1.09 bits per heavy atom. The zero-order chi connectivity index (χ0) is 15.7. The highest BCUT2D eigenvalue weighted by molar-refractivity contribution is 9.10. The fourth-order valence-corrected chi connectivity index (χ4v) is 4.04. The molecular weight excluding hydrogens is 346 g/mol. The van der Waals surface area contributed by atoms with Crippen LogP contribution in [0.15, 0.2) is 22.7 Å². The fourth-order valence-electron chi connectivity index (χ4n) is 3.63. The lowest BCUT2D eigenvalue weighted by Crippen LogP contribution is -2.36. The van der Waals surface area contributed by atoms with Crippen LogP contribution >= 0.6 is 15.9 Å². The largest absolute Gasteiger partial charge is 0.481 e. The summed E-state index contributed by atoms with van der Waals surface area (Å²) < 4.78 is 1.07. The lowest BCUT2D eigenvalue weighted by molar-refractivity contribution is -0.144. The van der Waals surface area contributed by atoms with Gasteiger partial charge in [0.1, 0.15) is 0 Å². The van der Waals surface area contributed by atoms with Crippen LogP contribution in [0, 0.1) is 11.8 Å². The molecule has 1 aromatic carbocycles. The molecule has 0 aromatic heterocycles. The highest BCUT2D eigenvalue weighted by Crippen LogP contribution is 2.34. The first-order chi connectivity index (χ1) is 10.5. The number of benzene rings is 1. The highest BCUT2D eigenvalue weighted by atomic mass is 79.9. The molecule has 1 aromatic rings. The standard InChI is InChI=1S/C17H20BrNO3/c18-13-6-7-14-12(9-13)5-8-15(14)19-16(20)10-1-3-11(4-2-10)17(21)22/h6-7,9-11,15H,1-5,8H2,(H,19,20)(H,21,22). The van der Waals surface area contributed by atoms with E-state index in [9.17, 15) is 9.59 Å². The molecule has 0 heterocycles. The van der Waals surface area contributed by atoms with Crippen LogP contribution in [0.25, 0.3) is 0 Å². The molecule has 1 unspecified atom stereocenters. The Hall–Kier alpha value is -1.36. The number of aryl methyl sites for hydroxylation is 1. The van der Waals surface area contributed by atoms with E-state index in [0.717, 1.165) is 17.3 Å². The Bertz CT molecular complexity index is 594. The van der Waals surface area contributed by atoms with Crippen LogP contribution in [0.4, 0.5) is 0 Å². The third-order valence-corrected chi connectivity index (χ3v) is 5.44. The van der Waals surface area contributed by atoms with Crippen molar-refractivity contribution in [1.82, 2.24) is 5.32 Å². The quantitative estimate of drug-likeness (QED) is 0.861. The number of carbonyl (C=O) groups is 2. The number of aliphatic carboxylic acids is 1. The van der Waals surface area contributed by atoms with Crippen molar-refractivity contribution in [2.75, 3.05) is 0 Å². The molecule has 0 radical (unpaired) electrons. The van der Waals surface area contributed by atoms with E-state index in [1.165, 1.54) is 11.1 Å². The molecule has 118 valence electrons. The van der Waals surface area contributed by atoms with E-state index in [2.05, 4.69) is 33.4 Å². The summed E-state index contributed by atoms with van der Waals surface area (Å²) in [5.74, 6) is -0.942. The summed E-state index contributed by atoms with van der Waals surface area (Å²) in [6.07, 6.45) is 4.53. The number of carbonyl (C=O) groups excluding carboxylic acids is 1. The predicted molar refractivity (Wildman–Crippen MR) is 86.4 cm³/mol. The van der Waals surface area contributed by atoms with Gasteiger partial charge in [0, 0.05) is 10.4 Å². The average molecular weight is 366 g/mol. The van der Waals surface area contributed by atoms with Crippen LogP contribution in [0.2, 0.25) is 0 Å². The molecule has 22 heavy (non-hydrogen) atoms. The van der Waals surface area contributed by atoms with Crippen molar-refractivity contribution in [2.24, 2.45) is 11.8 Å². The number of hydrogen-bond acceptors (Lipinski definition) is 2. The van der Waals surface area contributed by atoms with E-state index >= 15 is 0 Å². The maximum absolute atomic E-state index is 12.4. The van der Waals surface area contributed by atoms with Gasteiger partial charge < -0.3 is 10.4 Å². The maximum atomic E-state index is 12.4. The Kier molecular flexibility index (Phi) is 4.52. The second-order valence-corrected chi connectivity index (χ2v) is 7.25. The van der Waals surface area contributed by atoms with Crippen LogP contribution in [0.5, 0.6) is 0 Å². The van der Waals surface area contributed by atoms with Gasteiger partial charge in [-0.3, -0.25) is 9.59 Å². The summed E-state index contributed by atoms with van der Waals surface area (Å²) in [5.41, 5.74) is 2.52. The molecule has 0 saturated heterocycles. The number of carboxylic acids is 1. The van der Waals surface area contributed by atoms with Crippen molar-refractivity contribution >= 4 is 27.8 Å². The zero-order valence-corrected chi connectivity index (χ0v) is 13.9. The number of rotatable bonds is 3. The average Bonchev–Trinajstić information content (AvgIpc) is 2.89.